The van der Waals surface area contributed by atoms with E-state index in [1.807, 2.05) is 6.92 Å². The summed E-state index contributed by atoms with van der Waals surface area (Å²) in [5.74, 6) is 0.0896. The van der Waals surface area contributed by atoms with Crippen molar-refractivity contribution in [2.75, 3.05) is 0 Å². The molecule has 3 heteroatoms. The van der Waals surface area contributed by atoms with Crippen molar-refractivity contribution in [2.24, 2.45) is 5.41 Å². The number of hydrogen-bond acceptors (Lipinski definition) is 1. The first kappa shape index (κ1) is 14.9. The molecule has 0 heterocycles. The van der Waals surface area contributed by atoms with Crippen molar-refractivity contribution in [1.82, 2.24) is 5.32 Å². The first-order valence-electron chi connectivity index (χ1n) is 5.53. The van der Waals surface area contributed by atoms with Gasteiger partial charge in [0.25, 0.3) is 0 Å². The van der Waals surface area contributed by atoms with Gasteiger partial charge in [0.2, 0.25) is 5.91 Å². The van der Waals surface area contributed by atoms with E-state index >= 15 is 0 Å². The van der Waals surface area contributed by atoms with Crippen LogP contribution in [0.3, 0.4) is 0 Å². The normalized spacial score (nSPS) is 14.9. The lowest BCUT2D eigenvalue weighted by atomic mass is 9.82. The lowest BCUT2D eigenvalue weighted by Crippen LogP contribution is -2.48. The van der Waals surface area contributed by atoms with Gasteiger partial charge < -0.3 is 5.32 Å². The van der Waals surface area contributed by atoms with Crippen LogP contribution in [-0.2, 0) is 4.79 Å². The first-order chi connectivity index (χ1) is 6.57. The van der Waals surface area contributed by atoms with Gasteiger partial charge in [0.1, 0.15) is 0 Å². The minimum atomic E-state index is -0.142. The van der Waals surface area contributed by atoms with Gasteiger partial charge in [-0.1, -0.05) is 43.6 Å². The summed E-state index contributed by atoms with van der Waals surface area (Å²) < 4.78 is 0. The number of hydrogen-bond donors (Lipinski definition) is 1. The molecule has 1 amide bonds. The third kappa shape index (κ3) is 6.93. The zero-order valence-electron chi connectivity index (χ0n) is 10.8. The van der Waals surface area contributed by atoms with E-state index in [2.05, 4.69) is 55.9 Å². The van der Waals surface area contributed by atoms with Crippen LogP contribution < -0.4 is 5.32 Å². The molecule has 1 unspecified atom stereocenters. The fourth-order valence-corrected chi connectivity index (χ4v) is 2.08. The van der Waals surface area contributed by atoms with Gasteiger partial charge in [-0.15, -0.1) is 0 Å². The van der Waals surface area contributed by atoms with E-state index in [0.717, 1.165) is 12.8 Å². The zero-order valence-corrected chi connectivity index (χ0v) is 12.4. The average molecular weight is 278 g/mol. The van der Waals surface area contributed by atoms with Gasteiger partial charge in [0.05, 0.1) is 4.83 Å². The van der Waals surface area contributed by atoms with Crippen molar-refractivity contribution in [3.8, 4) is 0 Å². The quantitative estimate of drug-likeness (QED) is 0.784. The maximum Gasteiger partial charge on any atom is 0.234 e. The molecule has 2 nitrogen and oxygen atoms in total. The van der Waals surface area contributed by atoms with E-state index in [9.17, 15) is 4.79 Å². The Balaban J connectivity index is 4.32. The van der Waals surface area contributed by atoms with Crippen LogP contribution in [0, 0.1) is 5.41 Å². The second kappa shape index (κ2) is 5.33. The largest absolute Gasteiger partial charge is 0.350 e. The summed E-state index contributed by atoms with van der Waals surface area (Å²) in [6.45, 7) is 12.7. The van der Waals surface area contributed by atoms with Crippen LogP contribution in [0.1, 0.15) is 54.4 Å². The number of rotatable bonds is 4. The van der Waals surface area contributed by atoms with Gasteiger partial charge in [-0.2, -0.15) is 0 Å². The summed E-state index contributed by atoms with van der Waals surface area (Å²) >= 11 is 3.36. The molecule has 0 saturated carbocycles. The predicted octanol–water partition coefficient (Wildman–Crippen LogP) is 3.49. The van der Waals surface area contributed by atoms with Crippen molar-refractivity contribution in [3.63, 3.8) is 0 Å². The lowest BCUT2D eigenvalue weighted by Gasteiger charge is -2.33. The number of amides is 1. The molecule has 0 radical (unpaired) electrons. The van der Waals surface area contributed by atoms with E-state index in [-0.39, 0.29) is 21.7 Å². The maximum absolute atomic E-state index is 11.7. The molecule has 0 spiro atoms. The molecule has 1 atom stereocenters. The van der Waals surface area contributed by atoms with Crippen LogP contribution in [-0.4, -0.2) is 16.3 Å². The van der Waals surface area contributed by atoms with Gasteiger partial charge in [-0.25, -0.2) is 0 Å². The van der Waals surface area contributed by atoms with Crippen molar-refractivity contribution >= 4 is 21.8 Å². The highest BCUT2D eigenvalue weighted by atomic mass is 79.9. The number of carbonyl (C=O) groups excluding carboxylic acids is 1. The van der Waals surface area contributed by atoms with Crippen LogP contribution in [0.15, 0.2) is 0 Å². The topological polar surface area (TPSA) is 29.1 Å². The van der Waals surface area contributed by atoms with E-state index in [0.29, 0.717) is 0 Å². The standard InChI is InChI=1S/C12H24BrNO/c1-7-9(13)10(15)14-12(5,6)8-11(2,3)4/h9H,7-8H2,1-6H3,(H,14,15). The van der Waals surface area contributed by atoms with E-state index < -0.39 is 0 Å². The molecule has 0 saturated heterocycles. The number of alkyl halides is 1. The Labute approximate surface area is 102 Å². The monoisotopic (exact) mass is 277 g/mol. The summed E-state index contributed by atoms with van der Waals surface area (Å²) in [6, 6.07) is 0. The second-order valence-electron chi connectivity index (χ2n) is 5.99. The molecule has 15 heavy (non-hydrogen) atoms. The van der Waals surface area contributed by atoms with Crippen LogP contribution in [0.25, 0.3) is 0 Å². The molecule has 1 N–H and O–H groups in total. The van der Waals surface area contributed by atoms with Crippen LogP contribution in [0.4, 0.5) is 0 Å². The Hall–Kier alpha value is -0.0500. The minimum Gasteiger partial charge on any atom is -0.350 e. The summed E-state index contributed by atoms with van der Waals surface area (Å²) in [4.78, 5) is 11.6. The van der Waals surface area contributed by atoms with Crippen LogP contribution >= 0.6 is 15.9 Å². The molecule has 0 aliphatic heterocycles. The highest BCUT2D eigenvalue weighted by molar-refractivity contribution is 9.10. The predicted molar refractivity (Wildman–Crippen MR) is 69.3 cm³/mol. The zero-order chi connectivity index (χ0) is 12.3. The minimum absolute atomic E-state index is 0.0725. The molecule has 0 aromatic carbocycles. The number of halogens is 1. The van der Waals surface area contributed by atoms with Crippen molar-refractivity contribution in [1.29, 1.82) is 0 Å². The second-order valence-corrected chi connectivity index (χ2v) is 7.09. The maximum atomic E-state index is 11.7. The number of nitrogens with one attached hydrogen (secondary N) is 1. The van der Waals surface area contributed by atoms with Crippen LogP contribution in [0.2, 0.25) is 0 Å². The average Bonchev–Trinajstić information content (AvgIpc) is 1.96. The molecule has 0 rings (SSSR count). The molecule has 90 valence electrons. The molecule has 0 aromatic heterocycles. The fourth-order valence-electron chi connectivity index (χ4n) is 1.97. The van der Waals surface area contributed by atoms with Gasteiger partial charge in [0, 0.05) is 5.54 Å². The molecular weight excluding hydrogens is 254 g/mol. The van der Waals surface area contributed by atoms with E-state index in [1.54, 1.807) is 0 Å². The number of carbonyl (C=O) groups is 1. The summed E-state index contributed by atoms with van der Waals surface area (Å²) in [5.41, 5.74) is 0.0847. The highest BCUT2D eigenvalue weighted by Crippen LogP contribution is 2.27. The smallest absolute Gasteiger partial charge is 0.234 e. The highest BCUT2D eigenvalue weighted by Gasteiger charge is 2.28. The Kier molecular flexibility index (Phi) is 5.31. The Morgan fingerprint density at radius 3 is 2.07 bits per heavy atom. The van der Waals surface area contributed by atoms with Gasteiger partial charge in [-0.3, -0.25) is 4.79 Å². The Morgan fingerprint density at radius 2 is 1.73 bits per heavy atom. The SMILES string of the molecule is CCC(Br)C(=O)NC(C)(C)CC(C)(C)C. The van der Waals surface area contributed by atoms with Gasteiger partial charge in [-0.05, 0) is 32.1 Å². The van der Waals surface area contributed by atoms with E-state index in [4.69, 9.17) is 0 Å². The Bertz CT molecular complexity index is 218. The van der Waals surface area contributed by atoms with Gasteiger partial charge >= 0.3 is 0 Å². The van der Waals surface area contributed by atoms with Gasteiger partial charge in [0.15, 0.2) is 0 Å². The fraction of sp³-hybridized carbons (Fsp3) is 0.917. The third-order valence-corrected chi connectivity index (χ3v) is 3.14. The van der Waals surface area contributed by atoms with E-state index in [1.165, 1.54) is 0 Å². The Morgan fingerprint density at radius 1 is 1.27 bits per heavy atom. The molecule has 0 fully saturated rings. The molecule has 0 aromatic rings. The molecule has 0 bridgehead atoms. The third-order valence-electron chi connectivity index (χ3n) is 2.08. The summed E-state index contributed by atoms with van der Waals surface area (Å²) in [6.07, 6.45) is 1.78. The van der Waals surface area contributed by atoms with Crippen molar-refractivity contribution < 1.29 is 4.79 Å². The summed E-state index contributed by atoms with van der Waals surface area (Å²) in [5, 5.41) is 3.08. The van der Waals surface area contributed by atoms with Crippen LogP contribution in [0.5, 0.6) is 0 Å². The molecular formula is C12H24BrNO. The summed E-state index contributed by atoms with van der Waals surface area (Å²) in [7, 11) is 0. The lowest BCUT2D eigenvalue weighted by molar-refractivity contribution is -0.122. The first-order valence-corrected chi connectivity index (χ1v) is 6.45. The van der Waals surface area contributed by atoms with Crippen molar-refractivity contribution in [2.45, 2.75) is 64.8 Å². The van der Waals surface area contributed by atoms with Crippen molar-refractivity contribution in [3.05, 3.63) is 0 Å². The molecule has 0 aliphatic carbocycles. The molecule has 0 aliphatic rings.